The van der Waals surface area contributed by atoms with Gasteiger partial charge in [0, 0.05) is 11.3 Å². The molecule has 0 saturated heterocycles. The maximum atomic E-state index is 13.3. The number of methoxy groups -OCH3 is 1. The van der Waals surface area contributed by atoms with Gasteiger partial charge in [-0.3, -0.25) is 4.79 Å². The van der Waals surface area contributed by atoms with Gasteiger partial charge in [0.25, 0.3) is 5.91 Å². The van der Waals surface area contributed by atoms with Gasteiger partial charge in [0.15, 0.2) is 0 Å². The Kier molecular flexibility index (Phi) is 4.47. The van der Waals surface area contributed by atoms with E-state index in [4.69, 9.17) is 4.74 Å². The number of carbonyl (C=O) groups excluding carboxylic acids is 2. The third-order valence-electron chi connectivity index (χ3n) is 4.91. The van der Waals surface area contributed by atoms with Gasteiger partial charge in [0.1, 0.15) is 0 Å². The van der Waals surface area contributed by atoms with Crippen molar-refractivity contribution < 1.29 is 14.3 Å². The number of ether oxygens (including phenoxy) is 1. The number of fused-ring (bicyclic) bond motifs is 2. The van der Waals surface area contributed by atoms with Crippen molar-refractivity contribution in [3.05, 3.63) is 101 Å². The number of nitrogens with zero attached hydrogens (tertiary/aromatic N) is 1. The molecule has 4 rings (SSSR count). The molecule has 0 saturated carbocycles. The highest BCUT2D eigenvalue weighted by molar-refractivity contribution is 6.07. The Balaban J connectivity index is 1.73. The van der Waals surface area contributed by atoms with Gasteiger partial charge in [-0.1, -0.05) is 42.5 Å². The number of benzene rings is 3. The molecule has 0 N–H and O–H groups in total. The minimum Gasteiger partial charge on any atom is -0.465 e. The first-order chi connectivity index (χ1) is 13.2. The van der Waals surface area contributed by atoms with Crippen LogP contribution in [0.5, 0.6) is 0 Å². The van der Waals surface area contributed by atoms with E-state index in [9.17, 15) is 9.59 Å². The molecule has 0 bridgehead atoms. The molecule has 4 nitrogen and oxygen atoms in total. The first-order valence-corrected chi connectivity index (χ1v) is 8.82. The third kappa shape index (κ3) is 3.22. The first-order valence-electron chi connectivity index (χ1n) is 8.82. The van der Waals surface area contributed by atoms with Crippen molar-refractivity contribution in [3.63, 3.8) is 0 Å². The standard InChI is InChI=1S/C23H19NO3/c1-27-23(26)17-12-10-16(11-13-17)22(25)24-15-20-8-3-2-6-18(20)14-19-7-4-5-9-21(19)24/h2-13H,14-15H2,1H3. The molecule has 0 aliphatic carbocycles. The van der Waals surface area contributed by atoms with Crippen LogP contribution in [0.4, 0.5) is 5.69 Å². The minimum absolute atomic E-state index is 0.0874. The second-order valence-corrected chi connectivity index (χ2v) is 6.53. The zero-order chi connectivity index (χ0) is 18.8. The zero-order valence-electron chi connectivity index (χ0n) is 15.0. The summed E-state index contributed by atoms with van der Waals surface area (Å²) in [5.41, 5.74) is 5.40. The third-order valence-corrected chi connectivity index (χ3v) is 4.91. The number of hydrogen-bond donors (Lipinski definition) is 0. The summed E-state index contributed by atoms with van der Waals surface area (Å²) in [6, 6.07) is 22.8. The van der Waals surface area contributed by atoms with Gasteiger partial charge in [-0.15, -0.1) is 0 Å². The van der Waals surface area contributed by atoms with Crippen molar-refractivity contribution in [2.24, 2.45) is 0 Å². The molecule has 1 aliphatic heterocycles. The zero-order valence-corrected chi connectivity index (χ0v) is 15.0. The molecule has 4 heteroatoms. The molecular formula is C23H19NO3. The van der Waals surface area contributed by atoms with Crippen molar-refractivity contribution in [3.8, 4) is 0 Å². The topological polar surface area (TPSA) is 46.6 Å². The van der Waals surface area contributed by atoms with E-state index in [-0.39, 0.29) is 5.91 Å². The Bertz CT molecular complexity index is 1010. The van der Waals surface area contributed by atoms with Crippen molar-refractivity contribution in [1.29, 1.82) is 0 Å². The number of para-hydroxylation sites is 1. The Morgan fingerprint density at radius 1 is 0.778 bits per heavy atom. The number of carbonyl (C=O) groups is 2. The van der Waals surface area contributed by atoms with Gasteiger partial charge < -0.3 is 9.64 Å². The Labute approximate surface area is 158 Å². The molecule has 3 aromatic rings. The monoisotopic (exact) mass is 357 g/mol. The van der Waals surface area contributed by atoms with Crippen LogP contribution >= 0.6 is 0 Å². The second-order valence-electron chi connectivity index (χ2n) is 6.53. The molecule has 0 fully saturated rings. The first kappa shape index (κ1) is 17.0. The smallest absolute Gasteiger partial charge is 0.337 e. The molecule has 0 unspecified atom stereocenters. The minimum atomic E-state index is -0.414. The summed E-state index contributed by atoms with van der Waals surface area (Å²) in [6.45, 7) is 0.519. The normalized spacial score (nSPS) is 12.6. The number of esters is 1. The lowest BCUT2D eigenvalue weighted by Gasteiger charge is -2.23. The predicted octanol–water partition coefficient (Wildman–Crippen LogP) is 4.22. The fraction of sp³-hybridized carbons (Fsp3) is 0.130. The summed E-state index contributed by atoms with van der Waals surface area (Å²) in [5.74, 6) is -0.501. The number of rotatable bonds is 2. The SMILES string of the molecule is COC(=O)c1ccc(C(=O)N2Cc3ccccc3Cc3ccccc32)cc1. The average Bonchev–Trinajstić information content (AvgIpc) is 2.89. The molecule has 1 heterocycles. The van der Waals surface area contributed by atoms with Crippen molar-refractivity contribution in [1.82, 2.24) is 0 Å². The van der Waals surface area contributed by atoms with E-state index in [2.05, 4.69) is 18.2 Å². The van der Waals surface area contributed by atoms with E-state index in [1.165, 1.54) is 12.7 Å². The van der Waals surface area contributed by atoms with Crippen LogP contribution in [0.15, 0.2) is 72.8 Å². The summed E-state index contributed by atoms with van der Waals surface area (Å²) in [6.07, 6.45) is 0.803. The van der Waals surface area contributed by atoms with E-state index in [1.54, 1.807) is 24.3 Å². The van der Waals surface area contributed by atoms with Crippen LogP contribution in [0, 0.1) is 0 Å². The largest absolute Gasteiger partial charge is 0.465 e. The van der Waals surface area contributed by atoms with Gasteiger partial charge in [-0.2, -0.15) is 0 Å². The Morgan fingerprint density at radius 2 is 1.37 bits per heavy atom. The van der Waals surface area contributed by atoms with Gasteiger partial charge in [0.2, 0.25) is 0 Å². The van der Waals surface area contributed by atoms with E-state index in [0.29, 0.717) is 17.7 Å². The molecule has 27 heavy (non-hydrogen) atoms. The van der Waals surface area contributed by atoms with Crippen LogP contribution in [0.25, 0.3) is 0 Å². The van der Waals surface area contributed by atoms with E-state index >= 15 is 0 Å². The number of hydrogen-bond acceptors (Lipinski definition) is 3. The maximum Gasteiger partial charge on any atom is 0.337 e. The molecule has 134 valence electrons. The highest BCUT2D eigenvalue weighted by Crippen LogP contribution is 2.31. The van der Waals surface area contributed by atoms with Crippen LogP contribution in [0.3, 0.4) is 0 Å². The van der Waals surface area contributed by atoms with Crippen LogP contribution in [0.1, 0.15) is 37.4 Å². The molecular weight excluding hydrogens is 338 g/mol. The summed E-state index contributed by atoms with van der Waals surface area (Å²) >= 11 is 0. The molecule has 0 spiro atoms. The lowest BCUT2D eigenvalue weighted by atomic mass is 10.0. The molecule has 1 amide bonds. The van der Waals surface area contributed by atoms with Gasteiger partial charge in [-0.05, 0) is 53.4 Å². The lowest BCUT2D eigenvalue weighted by Crippen LogP contribution is -2.30. The highest BCUT2D eigenvalue weighted by Gasteiger charge is 2.24. The van der Waals surface area contributed by atoms with Gasteiger partial charge in [0.05, 0.1) is 19.2 Å². The summed E-state index contributed by atoms with van der Waals surface area (Å²) < 4.78 is 4.72. The van der Waals surface area contributed by atoms with Crippen LogP contribution in [-0.4, -0.2) is 19.0 Å². The highest BCUT2D eigenvalue weighted by atomic mass is 16.5. The molecule has 0 aromatic heterocycles. The predicted molar refractivity (Wildman–Crippen MR) is 104 cm³/mol. The van der Waals surface area contributed by atoms with Gasteiger partial charge in [-0.25, -0.2) is 4.79 Å². The quantitative estimate of drug-likeness (QED) is 0.645. The number of anilines is 1. The molecule has 1 aliphatic rings. The maximum absolute atomic E-state index is 13.3. The second kappa shape index (κ2) is 7.08. The van der Waals surface area contributed by atoms with Crippen LogP contribution < -0.4 is 4.90 Å². The summed E-state index contributed by atoms with van der Waals surface area (Å²) in [4.78, 5) is 26.7. The lowest BCUT2D eigenvalue weighted by molar-refractivity contribution is 0.0600. The molecule has 0 atom stereocenters. The van der Waals surface area contributed by atoms with Crippen LogP contribution in [0.2, 0.25) is 0 Å². The van der Waals surface area contributed by atoms with E-state index in [1.807, 2.05) is 35.2 Å². The molecule has 0 radical (unpaired) electrons. The Hall–Kier alpha value is -3.40. The fourth-order valence-electron chi connectivity index (χ4n) is 3.47. The molecule has 3 aromatic carbocycles. The fourth-order valence-corrected chi connectivity index (χ4v) is 3.47. The Morgan fingerprint density at radius 3 is 2.07 bits per heavy atom. The van der Waals surface area contributed by atoms with Crippen molar-refractivity contribution in [2.45, 2.75) is 13.0 Å². The van der Waals surface area contributed by atoms with E-state index in [0.717, 1.165) is 23.2 Å². The van der Waals surface area contributed by atoms with E-state index < -0.39 is 5.97 Å². The van der Waals surface area contributed by atoms with Crippen LogP contribution in [-0.2, 0) is 17.7 Å². The van der Waals surface area contributed by atoms with Crippen molar-refractivity contribution >= 4 is 17.6 Å². The van der Waals surface area contributed by atoms with Gasteiger partial charge >= 0.3 is 5.97 Å². The number of amides is 1. The van der Waals surface area contributed by atoms with Crippen molar-refractivity contribution in [2.75, 3.05) is 12.0 Å². The average molecular weight is 357 g/mol. The summed E-state index contributed by atoms with van der Waals surface area (Å²) in [5, 5.41) is 0. The summed E-state index contributed by atoms with van der Waals surface area (Å²) in [7, 11) is 1.34.